The van der Waals surface area contributed by atoms with E-state index >= 15 is 0 Å². The number of carbonyl (C=O) groups excluding carboxylic acids is 3. The second-order valence-electron chi connectivity index (χ2n) is 6.68. The van der Waals surface area contributed by atoms with Gasteiger partial charge in [0, 0.05) is 24.1 Å². The molecule has 3 amide bonds. The third-order valence-corrected chi connectivity index (χ3v) is 5.17. The molecule has 3 rings (SSSR count). The summed E-state index contributed by atoms with van der Waals surface area (Å²) >= 11 is 0. The molecule has 1 unspecified atom stereocenters. The molecule has 1 fully saturated rings. The highest BCUT2D eigenvalue weighted by atomic mass is 19.1. The number of fused-ring (bicyclic) bond motifs is 1. The van der Waals surface area contributed by atoms with Crippen LogP contribution in [-0.2, 0) is 16.1 Å². The molecule has 8 heteroatoms. The van der Waals surface area contributed by atoms with Gasteiger partial charge in [0.05, 0.1) is 6.54 Å². The van der Waals surface area contributed by atoms with Gasteiger partial charge in [0.25, 0.3) is 5.91 Å². The molecule has 7 nitrogen and oxygen atoms in total. The fourth-order valence-corrected chi connectivity index (χ4v) is 3.52. The van der Waals surface area contributed by atoms with E-state index in [4.69, 9.17) is 4.74 Å². The first-order valence-electron chi connectivity index (χ1n) is 9.27. The maximum Gasteiger partial charge on any atom is 0.255 e. The lowest BCUT2D eigenvalue weighted by atomic mass is 10.0. The summed E-state index contributed by atoms with van der Waals surface area (Å²) < 4.78 is 20.4. The molecule has 146 valence electrons. The molecule has 1 N–H and O–H groups in total. The Balaban J connectivity index is 1.72. The normalized spacial score (nSPS) is 19.5. The van der Waals surface area contributed by atoms with Crippen molar-refractivity contribution in [3.05, 3.63) is 29.1 Å². The lowest BCUT2D eigenvalue weighted by molar-refractivity contribution is -0.136. The van der Waals surface area contributed by atoms with Crippen LogP contribution < -0.4 is 10.1 Å². The van der Waals surface area contributed by atoms with E-state index < -0.39 is 23.7 Å². The number of hydrogen-bond donors (Lipinski definition) is 1. The van der Waals surface area contributed by atoms with E-state index in [2.05, 4.69) is 24.1 Å². The summed E-state index contributed by atoms with van der Waals surface area (Å²) in [5, 5.41) is 2.23. The second-order valence-corrected chi connectivity index (χ2v) is 6.68. The van der Waals surface area contributed by atoms with Gasteiger partial charge in [-0.15, -0.1) is 0 Å². The summed E-state index contributed by atoms with van der Waals surface area (Å²) in [6.45, 7) is 6.92. The molecule has 1 saturated heterocycles. The lowest BCUT2D eigenvalue weighted by Crippen LogP contribution is -2.52. The minimum Gasteiger partial charge on any atom is -0.489 e. The number of ether oxygens (including phenoxy) is 1. The van der Waals surface area contributed by atoms with Crippen LogP contribution in [-0.4, -0.2) is 59.8 Å². The van der Waals surface area contributed by atoms with Crippen molar-refractivity contribution in [2.75, 3.05) is 26.2 Å². The Labute approximate surface area is 157 Å². The summed E-state index contributed by atoms with van der Waals surface area (Å²) in [6.07, 6.45) is 0.415. The standard InChI is InChI=1S/C19H24FN3O4/c1-3-22(4-2)9-10-27-15-7-5-12-13(17(15)20)11-23(19(12)26)14-6-8-16(24)21-18(14)25/h5,7,14H,3-4,6,8-11H2,1-2H3,(H,21,24,25). The van der Waals surface area contributed by atoms with Crippen molar-refractivity contribution >= 4 is 17.7 Å². The number of nitrogens with zero attached hydrogens (tertiary/aromatic N) is 2. The highest BCUT2D eigenvalue weighted by molar-refractivity contribution is 6.05. The zero-order valence-electron chi connectivity index (χ0n) is 15.6. The maximum absolute atomic E-state index is 14.9. The number of piperidine rings is 1. The van der Waals surface area contributed by atoms with Crippen LogP contribution >= 0.6 is 0 Å². The Kier molecular flexibility index (Phi) is 5.74. The van der Waals surface area contributed by atoms with E-state index in [-0.39, 0.29) is 42.2 Å². The number of carbonyl (C=O) groups is 3. The molecule has 1 aromatic carbocycles. The van der Waals surface area contributed by atoms with Crippen molar-refractivity contribution < 1.29 is 23.5 Å². The van der Waals surface area contributed by atoms with Gasteiger partial charge in [0.1, 0.15) is 12.6 Å². The van der Waals surface area contributed by atoms with Gasteiger partial charge in [0.15, 0.2) is 11.6 Å². The second kappa shape index (κ2) is 8.04. The molecule has 1 atom stereocenters. The van der Waals surface area contributed by atoms with Gasteiger partial charge in [-0.1, -0.05) is 13.8 Å². The number of amides is 3. The number of hydrogen-bond acceptors (Lipinski definition) is 5. The van der Waals surface area contributed by atoms with Crippen LogP contribution in [0.2, 0.25) is 0 Å². The average molecular weight is 377 g/mol. The Morgan fingerprint density at radius 1 is 1.26 bits per heavy atom. The van der Waals surface area contributed by atoms with Gasteiger partial charge in [-0.3, -0.25) is 19.7 Å². The molecule has 27 heavy (non-hydrogen) atoms. The molecule has 0 aliphatic carbocycles. The molecule has 2 aliphatic heterocycles. The predicted molar refractivity (Wildman–Crippen MR) is 95.7 cm³/mol. The molecule has 0 spiro atoms. The number of nitrogens with one attached hydrogen (secondary N) is 1. The van der Waals surface area contributed by atoms with Gasteiger partial charge in [0.2, 0.25) is 11.8 Å². The van der Waals surface area contributed by atoms with E-state index in [0.29, 0.717) is 13.2 Å². The van der Waals surface area contributed by atoms with Crippen molar-refractivity contribution in [3.8, 4) is 5.75 Å². The first-order valence-corrected chi connectivity index (χ1v) is 9.27. The van der Waals surface area contributed by atoms with E-state index in [1.54, 1.807) is 6.07 Å². The smallest absolute Gasteiger partial charge is 0.255 e. The van der Waals surface area contributed by atoms with Gasteiger partial charge in [-0.05, 0) is 31.6 Å². The fourth-order valence-electron chi connectivity index (χ4n) is 3.52. The molecular weight excluding hydrogens is 353 g/mol. The zero-order chi connectivity index (χ0) is 19.6. The third kappa shape index (κ3) is 3.80. The van der Waals surface area contributed by atoms with Crippen LogP contribution in [0.25, 0.3) is 0 Å². The lowest BCUT2D eigenvalue weighted by Gasteiger charge is -2.29. The van der Waals surface area contributed by atoms with E-state index in [1.165, 1.54) is 11.0 Å². The van der Waals surface area contributed by atoms with Gasteiger partial charge in [-0.25, -0.2) is 4.39 Å². The van der Waals surface area contributed by atoms with Crippen LogP contribution in [0.15, 0.2) is 12.1 Å². The summed E-state index contributed by atoms with van der Waals surface area (Å²) in [7, 11) is 0. The third-order valence-electron chi connectivity index (χ3n) is 5.17. The van der Waals surface area contributed by atoms with Crippen molar-refractivity contribution in [3.63, 3.8) is 0 Å². The molecule has 0 radical (unpaired) electrons. The predicted octanol–water partition coefficient (Wildman–Crippen LogP) is 1.31. The van der Waals surface area contributed by atoms with Crippen LogP contribution in [0, 0.1) is 5.82 Å². The van der Waals surface area contributed by atoms with Crippen molar-refractivity contribution in [2.24, 2.45) is 0 Å². The summed E-state index contributed by atoms with van der Waals surface area (Å²) in [5.41, 5.74) is 0.485. The largest absolute Gasteiger partial charge is 0.489 e. The molecule has 0 bridgehead atoms. The Hall–Kier alpha value is -2.48. The van der Waals surface area contributed by atoms with Crippen LogP contribution in [0.4, 0.5) is 4.39 Å². The number of halogens is 1. The molecule has 2 aliphatic rings. The van der Waals surface area contributed by atoms with Crippen molar-refractivity contribution in [1.29, 1.82) is 0 Å². The first-order chi connectivity index (χ1) is 13.0. The quantitative estimate of drug-likeness (QED) is 0.725. The Morgan fingerprint density at radius 2 is 2.00 bits per heavy atom. The van der Waals surface area contributed by atoms with Gasteiger partial charge < -0.3 is 14.5 Å². The number of likely N-dealkylation sites (N-methyl/N-ethyl adjacent to an activating group) is 1. The van der Waals surface area contributed by atoms with Crippen LogP contribution in [0.1, 0.15) is 42.6 Å². The van der Waals surface area contributed by atoms with Crippen molar-refractivity contribution in [1.82, 2.24) is 15.1 Å². The highest BCUT2D eigenvalue weighted by Crippen LogP contribution is 2.33. The molecular formula is C19H24FN3O4. The van der Waals surface area contributed by atoms with E-state index in [9.17, 15) is 18.8 Å². The monoisotopic (exact) mass is 377 g/mol. The SMILES string of the molecule is CCN(CC)CCOc1ccc2c(c1F)CN(C1CCC(=O)NC1=O)C2=O. The van der Waals surface area contributed by atoms with E-state index in [1.807, 2.05) is 0 Å². The summed E-state index contributed by atoms with van der Waals surface area (Å²) in [5.74, 6) is -1.71. The minimum atomic E-state index is -0.756. The van der Waals surface area contributed by atoms with E-state index in [0.717, 1.165) is 13.1 Å². The number of imide groups is 1. The molecule has 1 aromatic rings. The highest BCUT2D eigenvalue weighted by Gasteiger charge is 2.40. The van der Waals surface area contributed by atoms with Crippen molar-refractivity contribution in [2.45, 2.75) is 39.3 Å². The van der Waals surface area contributed by atoms with Crippen LogP contribution in [0.5, 0.6) is 5.75 Å². The molecule has 2 heterocycles. The average Bonchev–Trinajstić information content (AvgIpc) is 2.98. The molecule has 0 aromatic heterocycles. The summed E-state index contributed by atoms with van der Waals surface area (Å²) in [6, 6.07) is 2.25. The fraction of sp³-hybridized carbons (Fsp3) is 0.526. The zero-order valence-corrected chi connectivity index (χ0v) is 15.6. The topological polar surface area (TPSA) is 79.0 Å². The first kappa shape index (κ1) is 19.3. The number of rotatable bonds is 7. The Bertz CT molecular complexity index is 764. The summed E-state index contributed by atoms with van der Waals surface area (Å²) in [4.78, 5) is 39.5. The number of benzene rings is 1. The maximum atomic E-state index is 14.9. The minimum absolute atomic E-state index is 0.000474. The Morgan fingerprint density at radius 3 is 2.67 bits per heavy atom. The van der Waals surface area contributed by atoms with Crippen LogP contribution in [0.3, 0.4) is 0 Å². The van der Waals surface area contributed by atoms with Gasteiger partial charge in [-0.2, -0.15) is 0 Å². The molecule has 0 saturated carbocycles. The van der Waals surface area contributed by atoms with Gasteiger partial charge >= 0.3 is 0 Å².